The van der Waals surface area contributed by atoms with Gasteiger partial charge in [0.05, 0.1) is 0 Å². The van der Waals surface area contributed by atoms with Crippen LogP contribution in [-0.2, 0) is 11.2 Å². The lowest BCUT2D eigenvalue weighted by atomic mass is 10.1. The average Bonchev–Trinajstić information content (AvgIpc) is 2.69. The summed E-state index contributed by atoms with van der Waals surface area (Å²) in [7, 11) is 0. The van der Waals surface area contributed by atoms with Gasteiger partial charge in [-0.3, -0.25) is 9.59 Å². The maximum atomic E-state index is 12.2. The van der Waals surface area contributed by atoms with E-state index in [-0.39, 0.29) is 11.8 Å². The molecule has 5 heteroatoms. The quantitative estimate of drug-likeness (QED) is 0.567. The Hall–Kier alpha value is -2.92. The number of amides is 2. The third-order valence-electron chi connectivity index (χ3n) is 4.00. The number of aryl methyl sites for hydroxylation is 1. The molecule has 0 saturated heterocycles. The number of halogens is 1. The Labute approximate surface area is 166 Å². The zero-order valence-corrected chi connectivity index (χ0v) is 16.2. The number of benzene rings is 3. The van der Waals surface area contributed by atoms with E-state index in [2.05, 4.69) is 26.6 Å². The Kier molecular flexibility index (Phi) is 6.39. The molecule has 2 amide bonds. The van der Waals surface area contributed by atoms with Crippen LogP contribution in [0.2, 0.25) is 0 Å². The van der Waals surface area contributed by atoms with Gasteiger partial charge in [0, 0.05) is 27.8 Å². The molecule has 0 saturated carbocycles. The smallest absolute Gasteiger partial charge is 0.255 e. The van der Waals surface area contributed by atoms with Crippen molar-refractivity contribution >= 4 is 39.1 Å². The van der Waals surface area contributed by atoms with Gasteiger partial charge in [-0.1, -0.05) is 52.3 Å². The molecule has 0 aliphatic carbocycles. The van der Waals surface area contributed by atoms with Crippen LogP contribution in [0.1, 0.15) is 22.3 Å². The molecular weight excluding hydrogens is 404 g/mol. The van der Waals surface area contributed by atoms with Crippen LogP contribution in [0, 0.1) is 0 Å². The number of anilines is 2. The molecule has 2 N–H and O–H groups in total. The first kappa shape index (κ1) is 18.9. The lowest BCUT2D eigenvalue weighted by molar-refractivity contribution is -0.116. The molecule has 0 radical (unpaired) electrons. The largest absolute Gasteiger partial charge is 0.326 e. The zero-order chi connectivity index (χ0) is 19.1. The minimum absolute atomic E-state index is 0.0372. The molecule has 4 nitrogen and oxygen atoms in total. The fraction of sp³-hybridized carbons (Fsp3) is 0.0909. The van der Waals surface area contributed by atoms with Crippen molar-refractivity contribution in [2.24, 2.45) is 0 Å². The number of carbonyl (C=O) groups is 2. The number of hydrogen-bond donors (Lipinski definition) is 2. The Morgan fingerprint density at radius 1 is 0.778 bits per heavy atom. The predicted octanol–water partition coefficient (Wildman–Crippen LogP) is 5.27. The zero-order valence-electron chi connectivity index (χ0n) is 14.6. The standard InChI is InChI=1S/C22H19BrN2O2/c23-18-8-4-7-17(15-18)22(27)25-20-12-10-19(11-13-20)24-21(26)14-9-16-5-2-1-3-6-16/h1-8,10-13,15H,9,14H2,(H,24,26)(H,25,27). The number of carbonyl (C=O) groups excluding carboxylic acids is 2. The summed E-state index contributed by atoms with van der Waals surface area (Å²) in [6.07, 6.45) is 1.12. The fourth-order valence-corrected chi connectivity index (χ4v) is 3.00. The van der Waals surface area contributed by atoms with E-state index < -0.39 is 0 Å². The molecule has 3 aromatic carbocycles. The third kappa shape index (κ3) is 5.79. The van der Waals surface area contributed by atoms with E-state index in [0.717, 1.165) is 10.0 Å². The van der Waals surface area contributed by atoms with Crippen molar-refractivity contribution in [1.82, 2.24) is 0 Å². The molecular formula is C22H19BrN2O2. The minimum atomic E-state index is -0.184. The molecule has 0 heterocycles. The highest BCUT2D eigenvalue weighted by molar-refractivity contribution is 9.10. The summed E-state index contributed by atoms with van der Waals surface area (Å²) in [5.74, 6) is -0.222. The molecule has 3 rings (SSSR count). The van der Waals surface area contributed by atoms with Crippen molar-refractivity contribution in [3.63, 3.8) is 0 Å². The van der Waals surface area contributed by atoms with Crippen LogP contribution in [0.3, 0.4) is 0 Å². The van der Waals surface area contributed by atoms with Gasteiger partial charge in [0.25, 0.3) is 5.91 Å². The maximum absolute atomic E-state index is 12.2. The fourth-order valence-electron chi connectivity index (χ4n) is 2.60. The molecule has 0 spiro atoms. The summed E-state index contributed by atoms with van der Waals surface area (Å²) in [6.45, 7) is 0. The summed E-state index contributed by atoms with van der Waals surface area (Å²) >= 11 is 3.36. The molecule has 0 aliphatic heterocycles. The topological polar surface area (TPSA) is 58.2 Å². The summed E-state index contributed by atoms with van der Waals surface area (Å²) in [5.41, 5.74) is 3.08. The van der Waals surface area contributed by atoms with E-state index in [0.29, 0.717) is 29.8 Å². The van der Waals surface area contributed by atoms with Gasteiger partial charge in [0.15, 0.2) is 0 Å². The maximum Gasteiger partial charge on any atom is 0.255 e. The van der Waals surface area contributed by atoms with E-state index in [1.165, 1.54) is 0 Å². The van der Waals surface area contributed by atoms with Crippen molar-refractivity contribution in [2.45, 2.75) is 12.8 Å². The lowest BCUT2D eigenvalue weighted by Gasteiger charge is -2.08. The highest BCUT2D eigenvalue weighted by Gasteiger charge is 2.07. The lowest BCUT2D eigenvalue weighted by Crippen LogP contribution is -2.13. The first-order chi connectivity index (χ1) is 13.1. The van der Waals surface area contributed by atoms with Gasteiger partial charge >= 0.3 is 0 Å². The van der Waals surface area contributed by atoms with Gasteiger partial charge < -0.3 is 10.6 Å². The van der Waals surface area contributed by atoms with Gasteiger partial charge in [0.2, 0.25) is 5.91 Å². The van der Waals surface area contributed by atoms with Crippen molar-refractivity contribution in [3.05, 3.63) is 94.5 Å². The van der Waals surface area contributed by atoms with Crippen LogP contribution in [0.15, 0.2) is 83.3 Å². The Bertz CT molecular complexity index is 925. The molecule has 27 heavy (non-hydrogen) atoms. The number of hydrogen-bond acceptors (Lipinski definition) is 2. The number of nitrogens with one attached hydrogen (secondary N) is 2. The average molecular weight is 423 g/mol. The first-order valence-electron chi connectivity index (χ1n) is 8.61. The first-order valence-corrected chi connectivity index (χ1v) is 9.40. The van der Waals surface area contributed by atoms with Crippen molar-refractivity contribution in [1.29, 1.82) is 0 Å². The second-order valence-corrected chi connectivity index (χ2v) is 6.99. The highest BCUT2D eigenvalue weighted by Crippen LogP contribution is 2.17. The molecule has 0 atom stereocenters. The van der Waals surface area contributed by atoms with E-state index in [1.807, 2.05) is 42.5 Å². The van der Waals surface area contributed by atoms with Crippen LogP contribution in [0.4, 0.5) is 11.4 Å². The van der Waals surface area contributed by atoms with Crippen LogP contribution >= 0.6 is 15.9 Å². The molecule has 3 aromatic rings. The predicted molar refractivity (Wildman–Crippen MR) is 112 cm³/mol. The van der Waals surface area contributed by atoms with Gasteiger partial charge in [-0.15, -0.1) is 0 Å². The highest BCUT2D eigenvalue weighted by atomic mass is 79.9. The molecule has 0 bridgehead atoms. The molecule has 0 aromatic heterocycles. The molecule has 0 aliphatic rings. The molecule has 136 valence electrons. The Balaban J connectivity index is 1.52. The summed E-state index contributed by atoms with van der Waals surface area (Å²) in [6, 6.07) is 24.2. The van der Waals surface area contributed by atoms with Gasteiger partial charge in [-0.25, -0.2) is 0 Å². The van der Waals surface area contributed by atoms with E-state index in [9.17, 15) is 9.59 Å². The normalized spacial score (nSPS) is 10.3. The second kappa shape index (κ2) is 9.14. The minimum Gasteiger partial charge on any atom is -0.326 e. The SMILES string of the molecule is O=C(CCc1ccccc1)Nc1ccc(NC(=O)c2cccc(Br)c2)cc1. The summed E-state index contributed by atoms with van der Waals surface area (Å²) < 4.78 is 0.851. The second-order valence-electron chi connectivity index (χ2n) is 6.08. The monoisotopic (exact) mass is 422 g/mol. The Morgan fingerprint density at radius 3 is 2.11 bits per heavy atom. The Morgan fingerprint density at radius 2 is 1.44 bits per heavy atom. The van der Waals surface area contributed by atoms with E-state index >= 15 is 0 Å². The third-order valence-corrected chi connectivity index (χ3v) is 4.49. The van der Waals surface area contributed by atoms with Gasteiger partial charge in [0.1, 0.15) is 0 Å². The van der Waals surface area contributed by atoms with Crippen LogP contribution < -0.4 is 10.6 Å². The summed E-state index contributed by atoms with van der Waals surface area (Å²) in [5, 5.41) is 5.71. The van der Waals surface area contributed by atoms with Crippen LogP contribution in [0.5, 0.6) is 0 Å². The van der Waals surface area contributed by atoms with Crippen LogP contribution in [-0.4, -0.2) is 11.8 Å². The van der Waals surface area contributed by atoms with Crippen molar-refractivity contribution < 1.29 is 9.59 Å². The molecule has 0 fully saturated rings. The van der Waals surface area contributed by atoms with Crippen molar-refractivity contribution in [3.8, 4) is 0 Å². The van der Waals surface area contributed by atoms with E-state index in [4.69, 9.17) is 0 Å². The van der Waals surface area contributed by atoms with E-state index in [1.54, 1.807) is 36.4 Å². The van der Waals surface area contributed by atoms with Crippen molar-refractivity contribution in [2.75, 3.05) is 10.6 Å². The summed E-state index contributed by atoms with van der Waals surface area (Å²) in [4.78, 5) is 24.3. The van der Waals surface area contributed by atoms with Gasteiger partial charge in [-0.2, -0.15) is 0 Å². The number of rotatable bonds is 6. The van der Waals surface area contributed by atoms with Gasteiger partial charge in [-0.05, 0) is 54.4 Å². The van der Waals surface area contributed by atoms with Crippen LogP contribution in [0.25, 0.3) is 0 Å². The molecule has 0 unspecified atom stereocenters.